The molecule has 2 saturated heterocycles. The van der Waals surface area contributed by atoms with Crippen LogP contribution in [0.15, 0.2) is 30.5 Å². The summed E-state index contributed by atoms with van der Waals surface area (Å²) in [6.07, 6.45) is 11.4. The van der Waals surface area contributed by atoms with Crippen molar-refractivity contribution in [3.05, 3.63) is 41.2 Å². The molecule has 37 heavy (non-hydrogen) atoms. The number of pyridine rings is 2. The Kier molecular flexibility index (Phi) is 8.93. The predicted octanol–water partition coefficient (Wildman–Crippen LogP) is 5.40. The maximum atomic E-state index is 9.74. The minimum absolute atomic E-state index is 0.406. The van der Waals surface area contributed by atoms with Crippen LogP contribution in [0.3, 0.4) is 0 Å². The highest BCUT2D eigenvalue weighted by Crippen LogP contribution is 2.33. The number of rotatable bonds is 8. The van der Waals surface area contributed by atoms with Gasteiger partial charge in [0.25, 0.3) is 0 Å². The van der Waals surface area contributed by atoms with Gasteiger partial charge in [0.15, 0.2) is 0 Å². The Morgan fingerprint density at radius 2 is 1.73 bits per heavy atom. The molecule has 8 heteroatoms. The second-order valence-electron chi connectivity index (χ2n) is 10.9. The fourth-order valence-electron chi connectivity index (χ4n) is 5.85. The number of nitrogens with zero attached hydrogens (tertiary/aromatic N) is 3. The summed E-state index contributed by atoms with van der Waals surface area (Å²) in [5.41, 5.74) is 2.40. The van der Waals surface area contributed by atoms with Crippen LogP contribution in [0.4, 0.5) is 5.82 Å². The molecule has 0 bridgehead atoms. The van der Waals surface area contributed by atoms with Gasteiger partial charge in [-0.05, 0) is 81.9 Å². The first-order valence-corrected chi connectivity index (χ1v) is 14.2. The molecule has 3 fully saturated rings. The van der Waals surface area contributed by atoms with E-state index in [0.717, 1.165) is 68.1 Å². The molecular formula is C29H38ClN5O2. The van der Waals surface area contributed by atoms with E-state index in [1.807, 2.05) is 18.2 Å². The highest BCUT2D eigenvalue weighted by molar-refractivity contribution is 6.33. The largest absolute Gasteiger partial charge is 0.381 e. The zero-order valence-corrected chi connectivity index (χ0v) is 22.3. The van der Waals surface area contributed by atoms with Crippen molar-refractivity contribution in [1.29, 1.82) is 5.26 Å². The van der Waals surface area contributed by atoms with Gasteiger partial charge in [0.2, 0.25) is 0 Å². The van der Waals surface area contributed by atoms with Gasteiger partial charge in [-0.15, -0.1) is 0 Å². The summed E-state index contributed by atoms with van der Waals surface area (Å²) >= 11 is 6.58. The van der Waals surface area contributed by atoms with E-state index < -0.39 is 5.41 Å². The number of ether oxygens (including phenoxy) is 2. The Hall–Kier alpha value is -2.24. The minimum Gasteiger partial charge on any atom is -0.381 e. The van der Waals surface area contributed by atoms with E-state index in [0.29, 0.717) is 42.8 Å². The van der Waals surface area contributed by atoms with E-state index in [2.05, 4.69) is 27.8 Å². The topological polar surface area (TPSA) is 92.1 Å². The first-order chi connectivity index (χ1) is 18.1. The number of anilines is 1. The third kappa shape index (κ3) is 7.00. The highest BCUT2D eigenvalue weighted by atomic mass is 35.5. The summed E-state index contributed by atoms with van der Waals surface area (Å²) in [6.45, 7) is 3.60. The summed E-state index contributed by atoms with van der Waals surface area (Å²) in [7, 11) is 0. The van der Waals surface area contributed by atoms with Crippen molar-refractivity contribution in [2.75, 3.05) is 38.3 Å². The van der Waals surface area contributed by atoms with Gasteiger partial charge in [0, 0.05) is 62.5 Å². The molecule has 0 spiro atoms. The molecule has 2 aliphatic heterocycles. The number of nitriles is 1. The van der Waals surface area contributed by atoms with Crippen molar-refractivity contribution in [2.45, 2.75) is 69.9 Å². The van der Waals surface area contributed by atoms with Crippen molar-refractivity contribution in [3.8, 4) is 17.3 Å². The van der Waals surface area contributed by atoms with Gasteiger partial charge in [-0.3, -0.25) is 4.98 Å². The Labute approximate surface area is 225 Å². The van der Waals surface area contributed by atoms with Crippen LogP contribution >= 0.6 is 11.6 Å². The zero-order chi connectivity index (χ0) is 25.5. The maximum Gasteiger partial charge on any atom is 0.126 e. The van der Waals surface area contributed by atoms with Crippen LogP contribution < -0.4 is 10.6 Å². The van der Waals surface area contributed by atoms with Crippen LogP contribution in [-0.2, 0) is 15.9 Å². The molecule has 2 aromatic heterocycles. The number of nitrogens with one attached hydrogen (secondary N) is 2. The van der Waals surface area contributed by atoms with Crippen molar-refractivity contribution < 1.29 is 9.47 Å². The normalized spacial score (nSPS) is 24.3. The van der Waals surface area contributed by atoms with Crippen molar-refractivity contribution in [2.24, 2.45) is 11.3 Å². The molecule has 2 N–H and O–H groups in total. The molecule has 7 nitrogen and oxygen atoms in total. The van der Waals surface area contributed by atoms with E-state index in [-0.39, 0.29) is 0 Å². The lowest BCUT2D eigenvalue weighted by Crippen LogP contribution is -2.43. The monoisotopic (exact) mass is 523 g/mol. The second-order valence-corrected chi connectivity index (χ2v) is 11.3. The summed E-state index contributed by atoms with van der Waals surface area (Å²) in [4.78, 5) is 9.48. The lowest BCUT2D eigenvalue weighted by molar-refractivity contribution is 0.0455. The molecule has 0 amide bonds. The van der Waals surface area contributed by atoms with Crippen molar-refractivity contribution in [1.82, 2.24) is 15.3 Å². The third-order valence-corrected chi connectivity index (χ3v) is 8.57. The Bertz CT molecular complexity index is 1070. The zero-order valence-electron chi connectivity index (χ0n) is 21.6. The van der Waals surface area contributed by atoms with E-state index in [4.69, 9.17) is 26.1 Å². The average Bonchev–Trinajstić information content (AvgIpc) is 2.95. The van der Waals surface area contributed by atoms with E-state index >= 15 is 0 Å². The molecule has 5 rings (SSSR count). The van der Waals surface area contributed by atoms with Gasteiger partial charge >= 0.3 is 0 Å². The van der Waals surface area contributed by atoms with Gasteiger partial charge in [-0.2, -0.15) is 5.26 Å². The number of hydrogen-bond donors (Lipinski definition) is 2. The molecule has 2 aromatic rings. The first kappa shape index (κ1) is 26.4. The number of aromatic nitrogens is 2. The van der Waals surface area contributed by atoms with Gasteiger partial charge in [-0.25, -0.2) is 4.98 Å². The van der Waals surface area contributed by atoms with Crippen molar-refractivity contribution >= 4 is 17.4 Å². The van der Waals surface area contributed by atoms with E-state index in [1.54, 1.807) is 6.20 Å². The molecule has 0 radical (unpaired) electrons. The predicted molar refractivity (Wildman–Crippen MR) is 145 cm³/mol. The summed E-state index contributed by atoms with van der Waals surface area (Å²) in [5, 5.41) is 17.6. The molecule has 1 saturated carbocycles. The molecule has 198 valence electrons. The van der Waals surface area contributed by atoms with Crippen LogP contribution in [0, 0.1) is 22.7 Å². The van der Waals surface area contributed by atoms with E-state index in [9.17, 15) is 5.26 Å². The minimum atomic E-state index is -0.406. The van der Waals surface area contributed by atoms with Gasteiger partial charge in [0.05, 0.1) is 22.2 Å². The number of halogens is 1. The summed E-state index contributed by atoms with van der Waals surface area (Å²) in [6, 6.07) is 11.8. The third-order valence-electron chi connectivity index (χ3n) is 8.27. The maximum absolute atomic E-state index is 9.74. The quantitative estimate of drug-likeness (QED) is 0.478. The molecule has 3 aliphatic rings. The molecular weight excluding hydrogens is 486 g/mol. The molecule has 1 aliphatic carbocycles. The Balaban J connectivity index is 1.18. The number of hydrogen-bond acceptors (Lipinski definition) is 7. The molecule has 0 atom stereocenters. The second kappa shape index (κ2) is 12.5. The summed E-state index contributed by atoms with van der Waals surface area (Å²) in [5.74, 6) is 1.40. The fraction of sp³-hybridized carbons (Fsp3) is 0.621. The SMILES string of the molecule is N#CC1(CNc2cccc(-c3cc(CC4CCC(NC5CCOCC5)CC4)ncc3Cl)n2)CCOCC1. The van der Waals surface area contributed by atoms with Crippen LogP contribution in [0.5, 0.6) is 0 Å². The standard InChI is InChI=1S/C29H38ClN5O2/c30-26-18-32-24(16-21-4-6-22(7-5-21)34-23-8-12-36-13-9-23)17-25(26)27-2-1-3-28(35-27)33-20-29(19-31)10-14-37-15-11-29/h1-3,17-18,21-23,34H,4-16,20H2,(H,33,35). The summed E-state index contributed by atoms with van der Waals surface area (Å²) < 4.78 is 10.9. The van der Waals surface area contributed by atoms with Crippen LogP contribution in [0.25, 0.3) is 11.3 Å². The van der Waals surface area contributed by atoms with Gasteiger partial charge in [-0.1, -0.05) is 17.7 Å². The van der Waals surface area contributed by atoms with E-state index in [1.165, 1.54) is 25.7 Å². The van der Waals surface area contributed by atoms with Crippen LogP contribution in [0.2, 0.25) is 5.02 Å². The van der Waals surface area contributed by atoms with Crippen LogP contribution in [0.1, 0.15) is 57.1 Å². The molecule has 0 unspecified atom stereocenters. The fourth-order valence-corrected chi connectivity index (χ4v) is 6.05. The Morgan fingerprint density at radius 3 is 2.49 bits per heavy atom. The lowest BCUT2D eigenvalue weighted by atomic mass is 9.82. The first-order valence-electron chi connectivity index (χ1n) is 13.8. The van der Waals surface area contributed by atoms with Gasteiger partial charge in [0.1, 0.15) is 5.82 Å². The highest BCUT2D eigenvalue weighted by Gasteiger charge is 2.32. The smallest absolute Gasteiger partial charge is 0.126 e. The van der Waals surface area contributed by atoms with Gasteiger partial charge < -0.3 is 20.1 Å². The van der Waals surface area contributed by atoms with Crippen LogP contribution in [-0.4, -0.2) is 55.0 Å². The lowest BCUT2D eigenvalue weighted by Gasteiger charge is -2.33. The molecule has 0 aromatic carbocycles. The average molecular weight is 524 g/mol. The van der Waals surface area contributed by atoms with Crippen molar-refractivity contribution in [3.63, 3.8) is 0 Å². The molecule has 4 heterocycles. The Morgan fingerprint density at radius 1 is 1.00 bits per heavy atom.